The van der Waals surface area contributed by atoms with E-state index in [1.54, 1.807) is 0 Å². The minimum atomic E-state index is 0.685. The molecular formula is C14H32N2. The van der Waals surface area contributed by atoms with Crippen LogP contribution in [0.3, 0.4) is 0 Å². The normalized spacial score (nSPS) is 15.4. The molecule has 0 aliphatic rings. The van der Waals surface area contributed by atoms with Gasteiger partial charge < -0.3 is 10.2 Å². The fourth-order valence-corrected chi connectivity index (χ4v) is 2.04. The van der Waals surface area contributed by atoms with Crippen LogP contribution in [0, 0.1) is 5.92 Å². The van der Waals surface area contributed by atoms with Crippen LogP contribution in [0.1, 0.15) is 53.4 Å². The minimum Gasteiger partial charge on any atom is -0.315 e. The third kappa shape index (κ3) is 9.17. The Bertz CT molecular complexity index is 148. The zero-order valence-corrected chi connectivity index (χ0v) is 12.1. The Labute approximate surface area is 103 Å². The van der Waals surface area contributed by atoms with Gasteiger partial charge in [0.25, 0.3) is 0 Å². The van der Waals surface area contributed by atoms with Crippen LogP contribution in [0.5, 0.6) is 0 Å². The zero-order chi connectivity index (χ0) is 12.4. The molecule has 0 saturated heterocycles. The molecule has 2 nitrogen and oxygen atoms in total. The van der Waals surface area contributed by atoms with Crippen molar-refractivity contribution in [3.8, 4) is 0 Å². The number of hydrogen-bond acceptors (Lipinski definition) is 2. The molecule has 0 rings (SSSR count). The summed E-state index contributed by atoms with van der Waals surface area (Å²) in [5, 5.41) is 3.46. The van der Waals surface area contributed by atoms with Gasteiger partial charge in [0.05, 0.1) is 0 Å². The first kappa shape index (κ1) is 15.9. The van der Waals surface area contributed by atoms with Gasteiger partial charge in [-0.2, -0.15) is 0 Å². The molecule has 1 N–H and O–H groups in total. The van der Waals surface area contributed by atoms with Crippen molar-refractivity contribution in [3.63, 3.8) is 0 Å². The van der Waals surface area contributed by atoms with Crippen molar-refractivity contribution in [2.24, 2.45) is 5.92 Å². The van der Waals surface area contributed by atoms with Gasteiger partial charge >= 0.3 is 0 Å². The number of nitrogens with one attached hydrogen (secondary N) is 1. The van der Waals surface area contributed by atoms with Crippen LogP contribution in [-0.2, 0) is 0 Å². The van der Waals surface area contributed by atoms with Gasteiger partial charge in [0.1, 0.15) is 0 Å². The van der Waals surface area contributed by atoms with Crippen LogP contribution < -0.4 is 5.32 Å². The van der Waals surface area contributed by atoms with E-state index in [0.29, 0.717) is 6.04 Å². The highest BCUT2D eigenvalue weighted by Gasteiger charge is 2.04. The van der Waals surface area contributed by atoms with Gasteiger partial charge in [-0.05, 0) is 45.8 Å². The Balaban J connectivity index is 3.36. The van der Waals surface area contributed by atoms with Gasteiger partial charge in [-0.3, -0.25) is 0 Å². The van der Waals surface area contributed by atoms with Crippen LogP contribution in [0.4, 0.5) is 0 Å². The molecule has 0 aromatic heterocycles. The maximum absolute atomic E-state index is 3.46. The largest absolute Gasteiger partial charge is 0.315 e. The molecule has 0 saturated carbocycles. The van der Waals surface area contributed by atoms with Crippen LogP contribution >= 0.6 is 0 Å². The molecule has 98 valence electrons. The van der Waals surface area contributed by atoms with Gasteiger partial charge in [-0.15, -0.1) is 0 Å². The van der Waals surface area contributed by atoms with E-state index in [1.807, 2.05) is 0 Å². The highest BCUT2D eigenvalue weighted by molar-refractivity contribution is 4.61. The number of hydrogen-bond donors (Lipinski definition) is 1. The second kappa shape index (κ2) is 10.1. The molecule has 0 fully saturated rings. The fourth-order valence-electron chi connectivity index (χ4n) is 2.04. The number of nitrogens with zero attached hydrogens (tertiary/aromatic N) is 1. The molecule has 0 heterocycles. The first-order valence-electron chi connectivity index (χ1n) is 7.02. The van der Waals surface area contributed by atoms with Gasteiger partial charge in [0, 0.05) is 12.6 Å². The van der Waals surface area contributed by atoms with Crippen molar-refractivity contribution in [2.75, 3.05) is 26.7 Å². The van der Waals surface area contributed by atoms with E-state index in [0.717, 1.165) is 12.5 Å². The summed E-state index contributed by atoms with van der Waals surface area (Å²) < 4.78 is 0. The quantitative estimate of drug-likeness (QED) is 0.578. The fraction of sp³-hybridized carbons (Fsp3) is 1.00. The maximum Gasteiger partial charge on any atom is 0.00386 e. The zero-order valence-electron chi connectivity index (χ0n) is 12.1. The first-order chi connectivity index (χ1) is 7.60. The van der Waals surface area contributed by atoms with E-state index in [-0.39, 0.29) is 0 Å². The summed E-state index contributed by atoms with van der Waals surface area (Å²) in [6.45, 7) is 12.7. The van der Waals surface area contributed by atoms with Gasteiger partial charge in [-0.1, -0.05) is 33.6 Å². The molecule has 2 unspecified atom stereocenters. The SMILES string of the molecule is CCNC(C)CCCCN(C)CC(C)CC. The standard InChI is InChI=1S/C14H32N2/c1-6-13(3)12-16(5)11-9-8-10-14(4)15-7-2/h13-15H,6-12H2,1-5H3. The Morgan fingerprint density at radius 3 is 2.38 bits per heavy atom. The second-order valence-corrected chi connectivity index (χ2v) is 5.23. The van der Waals surface area contributed by atoms with Crippen molar-refractivity contribution < 1.29 is 0 Å². The highest BCUT2D eigenvalue weighted by Crippen LogP contribution is 2.05. The summed E-state index contributed by atoms with van der Waals surface area (Å²) in [7, 11) is 2.25. The molecule has 0 amide bonds. The summed E-state index contributed by atoms with van der Waals surface area (Å²) in [6.07, 6.45) is 5.29. The Kier molecular flexibility index (Phi) is 10.0. The van der Waals surface area contributed by atoms with Gasteiger partial charge in [0.15, 0.2) is 0 Å². The molecule has 2 heteroatoms. The topological polar surface area (TPSA) is 15.3 Å². The molecule has 0 aliphatic carbocycles. The van der Waals surface area contributed by atoms with Crippen molar-refractivity contribution >= 4 is 0 Å². The second-order valence-electron chi connectivity index (χ2n) is 5.23. The summed E-state index contributed by atoms with van der Waals surface area (Å²) in [5.41, 5.74) is 0. The third-order valence-corrected chi connectivity index (χ3v) is 3.30. The Hall–Kier alpha value is -0.0800. The van der Waals surface area contributed by atoms with Crippen molar-refractivity contribution in [1.29, 1.82) is 0 Å². The van der Waals surface area contributed by atoms with Crippen LogP contribution in [0.2, 0.25) is 0 Å². The molecule has 16 heavy (non-hydrogen) atoms. The summed E-state index contributed by atoms with van der Waals surface area (Å²) in [6, 6.07) is 0.685. The minimum absolute atomic E-state index is 0.685. The molecular weight excluding hydrogens is 196 g/mol. The molecule has 0 spiro atoms. The van der Waals surface area contributed by atoms with E-state index >= 15 is 0 Å². The lowest BCUT2D eigenvalue weighted by atomic mass is 10.1. The lowest BCUT2D eigenvalue weighted by Crippen LogP contribution is -2.27. The molecule has 0 aromatic rings. The monoisotopic (exact) mass is 228 g/mol. The molecule has 0 radical (unpaired) electrons. The highest BCUT2D eigenvalue weighted by atomic mass is 15.1. The van der Waals surface area contributed by atoms with Crippen LogP contribution in [0.15, 0.2) is 0 Å². The van der Waals surface area contributed by atoms with E-state index < -0.39 is 0 Å². The van der Waals surface area contributed by atoms with Crippen molar-refractivity contribution in [2.45, 2.75) is 59.4 Å². The molecule has 0 aliphatic heterocycles. The van der Waals surface area contributed by atoms with E-state index in [2.05, 4.69) is 45.0 Å². The first-order valence-corrected chi connectivity index (χ1v) is 7.02. The van der Waals surface area contributed by atoms with E-state index in [4.69, 9.17) is 0 Å². The Morgan fingerprint density at radius 2 is 1.81 bits per heavy atom. The van der Waals surface area contributed by atoms with E-state index in [1.165, 1.54) is 38.8 Å². The lowest BCUT2D eigenvalue weighted by molar-refractivity contribution is 0.274. The van der Waals surface area contributed by atoms with Gasteiger partial charge in [0.2, 0.25) is 0 Å². The molecule has 2 atom stereocenters. The average molecular weight is 228 g/mol. The number of rotatable bonds is 10. The predicted molar refractivity (Wildman–Crippen MR) is 73.9 cm³/mol. The van der Waals surface area contributed by atoms with Crippen LogP contribution in [0.25, 0.3) is 0 Å². The van der Waals surface area contributed by atoms with E-state index in [9.17, 15) is 0 Å². The van der Waals surface area contributed by atoms with Crippen molar-refractivity contribution in [3.05, 3.63) is 0 Å². The smallest absolute Gasteiger partial charge is 0.00386 e. The third-order valence-electron chi connectivity index (χ3n) is 3.30. The van der Waals surface area contributed by atoms with Crippen LogP contribution in [-0.4, -0.2) is 37.6 Å². The average Bonchev–Trinajstić information content (AvgIpc) is 2.24. The predicted octanol–water partition coefficient (Wildman–Crippen LogP) is 3.13. The Morgan fingerprint density at radius 1 is 1.12 bits per heavy atom. The summed E-state index contributed by atoms with van der Waals surface area (Å²) in [4.78, 5) is 2.48. The van der Waals surface area contributed by atoms with Crippen molar-refractivity contribution in [1.82, 2.24) is 10.2 Å². The molecule has 0 bridgehead atoms. The van der Waals surface area contributed by atoms with Gasteiger partial charge in [-0.25, -0.2) is 0 Å². The summed E-state index contributed by atoms with van der Waals surface area (Å²) >= 11 is 0. The number of unbranched alkanes of at least 4 members (excludes halogenated alkanes) is 1. The molecule has 0 aromatic carbocycles. The summed E-state index contributed by atoms with van der Waals surface area (Å²) in [5.74, 6) is 0.839. The maximum atomic E-state index is 3.46. The lowest BCUT2D eigenvalue weighted by Gasteiger charge is -2.20.